The SMILES string of the molecule is COc1ccc(S(=O)(=O)Nc2cccnc2-c2ccc(C(F)(F)F)cc2)cc1. The molecule has 1 aromatic heterocycles. The lowest BCUT2D eigenvalue weighted by Gasteiger charge is -2.13. The highest BCUT2D eigenvalue weighted by molar-refractivity contribution is 7.92. The van der Waals surface area contributed by atoms with E-state index >= 15 is 0 Å². The zero-order valence-electron chi connectivity index (χ0n) is 14.6. The number of aromatic nitrogens is 1. The van der Waals surface area contributed by atoms with Gasteiger partial charge in [-0.15, -0.1) is 0 Å². The first-order chi connectivity index (χ1) is 13.2. The van der Waals surface area contributed by atoms with Crippen molar-refractivity contribution in [3.05, 3.63) is 72.4 Å². The number of nitrogens with zero attached hydrogens (tertiary/aromatic N) is 1. The van der Waals surface area contributed by atoms with Gasteiger partial charge < -0.3 is 4.74 Å². The van der Waals surface area contributed by atoms with Crippen LogP contribution in [0.5, 0.6) is 5.75 Å². The highest BCUT2D eigenvalue weighted by Gasteiger charge is 2.30. The van der Waals surface area contributed by atoms with Crippen molar-refractivity contribution in [3.63, 3.8) is 0 Å². The Hall–Kier alpha value is -3.07. The van der Waals surface area contributed by atoms with Gasteiger partial charge in [0.15, 0.2) is 0 Å². The molecule has 0 fully saturated rings. The topological polar surface area (TPSA) is 68.3 Å². The van der Waals surface area contributed by atoms with Gasteiger partial charge in [-0.05, 0) is 48.5 Å². The second kappa shape index (κ2) is 7.51. The molecule has 0 aliphatic carbocycles. The Balaban J connectivity index is 1.94. The summed E-state index contributed by atoms with van der Waals surface area (Å²) in [4.78, 5) is 4.13. The zero-order valence-corrected chi connectivity index (χ0v) is 15.4. The number of ether oxygens (including phenoxy) is 1. The summed E-state index contributed by atoms with van der Waals surface area (Å²) in [6, 6.07) is 13.1. The quantitative estimate of drug-likeness (QED) is 0.671. The van der Waals surface area contributed by atoms with Gasteiger partial charge >= 0.3 is 6.18 Å². The molecule has 0 saturated heterocycles. The molecule has 0 aliphatic rings. The van der Waals surface area contributed by atoms with Crippen LogP contribution in [0, 0.1) is 0 Å². The molecule has 0 atom stereocenters. The molecule has 0 saturated carbocycles. The summed E-state index contributed by atoms with van der Waals surface area (Å²) in [6.07, 6.45) is -3.03. The van der Waals surface area contributed by atoms with Gasteiger partial charge in [-0.1, -0.05) is 12.1 Å². The van der Waals surface area contributed by atoms with E-state index in [-0.39, 0.29) is 16.3 Å². The zero-order chi connectivity index (χ0) is 20.4. The number of halogens is 3. The first-order valence-electron chi connectivity index (χ1n) is 8.00. The normalized spacial score (nSPS) is 11.9. The molecule has 0 amide bonds. The summed E-state index contributed by atoms with van der Waals surface area (Å²) in [5.74, 6) is 0.505. The van der Waals surface area contributed by atoms with Crippen LogP contribution < -0.4 is 9.46 Å². The lowest BCUT2D eigenvalue weighted by molar-refractivity contribution is -0.137. The molecule has 3 aromatic rings. The number of anilines is 1. The van der Waals surface area contributed by atoms with Gasteiger partial charge in [0.2, 0.25) is 0 Å². The summed E-state index contributed by atoms with van der Waals surface area (Å²) in [5, 5.41) is 0. The van der Waals surface area contributed by atoms with Crippen molar-refractivity contribution < 1.29 is 26.3 Å². The van der Waals surface area contributed by atoms with Crippen molar-refractivity contribution in [1.29, 1.82) is 0 Å². The molecule has 28 heavy (non-hydrogen) atoms. The van der Waals surface area contributed by atoms with E-state index in [2.05, 4.69) is 9.71 Å². The van der Waals surface area contributed by atoms with Crippen LogP contribution in [0.3, 0.4) is 0 Å². The number of hydrogen-bond donors (Lipinski definition) is 1. The van der Waals surface area contributed by atoms with Gasteiger partial charge in [-0.2, -0.15) is 13.2 Å². The third-order valence-corrected chi connectivity index (χ3v) is 5.29. The van der Waals surface area contributed by atoms with Gasteiger partial charge in [-0.25, -0.2) is 8.42 Å². The van der Waals surface area contributed by atoms with E-state index in [4.69, 9.17) is 4.74 Å². The number of methoxy groups -OCH3 is 1. The van der Waals surface area contributed by atoms with Gasteiger partial charge in [0.1, 0.15) is 5.75 Å². The van der Waals surface area contributed by atoms with E-state index in [0.717, 1.165) is 12.1 Å². The van der Waals surface area contributed by atoms with Crippen molar-refractivity contribution in [2.24, 2.45) is 0 Å². The monoisotopic (exact) mass is 408 g/mol. The van der Waals surface area contributed by atoms with E-state index in [1.807, 2.05) is 0 Å². The van der Waals surface area contributed by atoms with Crippen LogP contribution in [-0.4, -0.2) is 20.5 Å². The van der Waals surface area contributed by atoms with Crippen LogP contribution in [0.2, 0.25) is 0 Å². The summed E-state index contributed by atoms with van der Waals surface area (Å²) in [6.45, 7) is 0. The lowest BCUT2D eigenvalue weighted by atomic mass is 10.1. The van der Waals surface area contributed by atoms with E-state index < -0.39 is 21.8 Å². The van der Waals surface area contributed by atoms with E-state index in [0.29, 0.717) is 11.3 Å². The maximum absolute atomic E-state index is 12.7. The third-order valence-electron chi connectivity index (χ3n) is 3.91. The molecule has 0 radical (unpaired) electrons. The smallest absolute Gasteiger partial charge is 0.416 e. The van der Waals surface area contributed by atoms with Crippen molar-refractivity contribution >= 4 is 15.7 Å². The van der Waals surface area contributed by atoms with Crippen LogP contribution in [0.15, 0.2) is 71.8 Å². The van der Waals surface area contributed by atoms with Crippen LogP contribution in [0.25, 0.3) is 11.3 Å². The highest BCUT2D eigenvalue weighted by atomic mass is 32.2. The summed E-state index contributed by atoms with van der Waals surface area (Å²) in [7, 11) is -2.46. The highest BCUT2D eigenvalue weighted by Crippen LogP contribution is 2.33. The first kappa shape index (κ1) is 19.7. The summed E-state index contributed by atoms with van der Waals surface area (Å²) < 4.78 is 71.0. The third kappa shape index (κ3) is 4.25. The average Bonchev–Trinajstić information content (AvgIpc) is 2.67. The summed E-state index contributed by atoms with van der Waals surface area (Å²) in [5.41, 5.74) is -0.0834. The van der Waals surface area contributed by atoms with Crippen LogP contribution in [0.4, 0.5) is 18.9 Å². The Labute approximate surface area is 159 Å². The van der Waals surface area contributed by atoms with E-state index in [1.54, 1.807) is 0 Å². The molecule has 0 unspecified atom stereocenters. The largest absolute Gasteiger partial charge is 0.497 e. The minimum absolute atomic E-state index is 0.00974. The number of nitrogens with one attached hydrogen (secondary N) is 1. The second-order valence-electron chi connectivity index (χ2n) is 5.76. The second-order valence-corrected chi connectivity index (χ2v) is 7.44. The first-order valence-corrected chi connectivity index (χ1v) is 9.48. The molecule has 146 valence electrons. The molecule has 1 heterocycles. The molecule has 0 bridgehead atoms. The number of rotatable bonds is 5. The predicted octanol–water partition coefficient (Wildman–Crippen LogP) is 4.58. The number of pyridine rings is 1. The Morgan fingerprint density at radius 1 is 0.964 bits per heavy atom. The van der Waals surface area contributed by atoms with Gasteiger partial charge in [0, 0.05) is 11.8 Å². The fourth-order valence-electron chi connectivity index (χ4n) is 2.49. The number of alkyl halides is 3. The van der Waals surface area contributed by atoms with E-state index in [1.165, 1.54) is 61.8 Å². The van der Waals surface area contributed by atoms with Crippen molar-refractivity contribution in [1.82, 2.24) is 4.98 Å². The maximum atomic E-state index is 12.7. The molecular formula is C19H15F3N2O3S. The number of benzene rings is 2. The molecular weight excluding hydrogens is 393 g/mol. The van der Waals surface area contributed by atoms with Crippen LogP contribution in [0.1, 0.15) is 5.56 Å². The molecule has 1 N–H and O–H groups in total. The van der Waals surface area contributed by atoms with E-state index in [9.17, 15) is 21.6 Å². The molecule has 0 aliphatic heterocycles. The molecule has 5 nitrogen and oxygen atoms in total. The Morgan fingerprint density at radius 3 is 2.18 bits per heavy atom. The van der Waals surface area contributed by atoms with Crippen molar-refractivity contribution in [3.8, 4) is 17.0 Å². The Morgan fingerprint density at radius 2 is 1.61 bits per heavy atom. The number of sulfonamides is 1. The van der Waals surface area contributed by atoms with Crippen LogP contribution >= 0.6 is 0 Å². The minimum Gasteiger partial charge on any atom is -0.497 e. The van der Waals surface area contributed by atoms with Crippen molar-refractivity contribution in [2.75, 3.05) is 11.8 Å². The fourth-order valence-corrected chi connectivity index (χ4v) is 3.56. The fraction of sp³-hybridized carbons (Fsp3) is 0.105. The molecule has 9 heteroatoms. The Bertz CT molecular complexity index is 1060. The predicted molar refractivity (Wildman–Crippen MR) is 98.5 cm³/mol. The Kier molecular flexibility index (Phi) is 5.28. The number of hydrogen-bond acceptors (Lipinski definition) is 4. The molecule has 3 rings (SSSR count). The standard InChI is InChI=1S/C19H15F3N2O3S/c1-27-15-8-10-16(11-9-15)28(25,26)24-17-3-2-12-23-18(17)13-4-6-14(7-5-13)19(20,21)22/h2-12,24H,1H3. The van der Waals surface area contributed by atoms with Crippen LogP contribution in [-0.2, 0) is 16.2 Å². The maximum Gasteiger partial charge on any atom is 0.416 e. The minimum atomic E-state index is -4.46. The average molecular weight is 408 g/mol. The molecule has 2 aromatic carbocycles. The van der Waals surface area contributed by atoms with Gasteiger partial charge in [-0.3, -0.25) is 9.71 Å². The van der Waals surface area contributed by atoms with Gasteiger partial charge in [0.05, 0.1) is 29.0 Å². The van der Waals surface area contributed by atoms with Crippen molar-refractivity contribution in [2.45, 2.75) is 11.1 Å². The lowest BCUT2D eigenvalue weighted by Crippen LogP contribution is -2.14. The summed E-state index contributed by atoms with van der Waals surface area (Å²) >= 11 is 0. The van der Waals surface area contributed by atoms with Gasteiger partial charge in [0.25, 0.3) is 10.0 Å². The molecule has 0 spiro atoms.